The van der Waals surface area contributed by atoms with Gasteiger partial charge in [0.2, 0.25) is 11.2 Å². The molecule has 1 aromatic carbocycles. The monoisotopic (exact) mass is 327 g/mol. The second-order valence-corrected chi connectivity index (χ2v) is 6.12. The highest BCUT2D eigenvalue weighted by Crippen LogP contribution is 2.39. The van der Waals surface area contributed by atoms with Gasteiger partial charge in [-0.1, -0.05) is 34.8 Å². The molecule has 1 aromatic rings. The van der Waals surface area contributed by atoms with E-state index >= 15 is 0 Å². The van der Waals surface area contributed by atoms with E-state index in [9.17, 15) is 9.00 Å². The van der Waals surface area contributed by atoms with Gasteiger partial charge in [0.25, 0.3) is 0 Å². The van der Waals surface area contributed by atoms with Crippen molar-refractivity contribution in [2.24, 2.45) is 0 Å². The molecule has 0 spiro atoms. The Morgan fingerprint density at radius 2 is 1.61 bits per heavy atom. The number of halogens is 3. The number of benzene rings is 1. The second kappa shape index (κ2) is 4.86. The Balaban J connectivity index is 2.57. The Morgan fingerprint density at radius 1 is 1.11 bits per heavy atom. The largest absolute Gasteiger partial charge is 0.352 e. The fourth-order valence-corrected chi connectivity index (χ4v) is 3.65. The van der Waals surface area contributed by atoms with Gasteiger partial charge in [-0.3, -0.25) is 0 Å². The number of urea groups is 1. The molecule has 1 aliphatic rings. The topological polar surface area (TPSA) is 43.9 Å². The van der Waals surface area contributed by atoms with E-state index in [1.54, 1.807) is 0 Å². The summed E-state index contributed by atoms with van der Waals surface area (Å²) in [5.74, 6) is 0. The average Bonchev–Trinajstić information content (AvgIpc) is 2.45. The Bertz CT molecular complexity index is 511. The third-order valence-electron chi connectivity index (χ3n) is 2.44. The molecule has 1 atom stereocenters. The lowest BCUT2D eigenvalue weighted by Crippen LogP contribution is -2.32. The second-order valence-electron chi connectivity index (χ2n) is 3.51. The van der Waals surface area contributed by atoms with E-state index in [0.29, 0.717) is 5.02 Å². The van der Waals surface area contributed by atoms with Gasteiger partial charge >= 0.3 is 6.03 Å². The predicted molar refractivity (Wildman–Crippen MR) is 73.0 cm³/mol. The van der Waals surface area contributed by atoms with Crippen molar-refractivity contribution in [1.29, 1.82) is 0 Å². The van der Waals surface area contributed by atoms with Crippen LogP contribution in [0.2, 0.25) is 15.1 Å². The number of carbonyl (C=O) groups is 1. The van der Waals surface area contributed by atoms with E-state index in [-0.39, 0.29) is 15.7 Å². The van der Waals surface area contributed by atoms with Crippen LogP contribution in [0.3, 0.4) is 0 Å². The minimum atomic E-state index is -1.71. The molecule has 0 aliphatic carbocycles. The number of hydrogen-bond acceptors (Lipinski definition) is 2. The molecule has 98 valence electrons. The third-order valence-corrected chi connectivity index (χ3v) is 4.58. The average molecular weight is 329 g/mol. The van der Waals surface area contributed by atoms with Crippen LogP contribution in [-0.4, -0.2) is 33.8 Å². The van der Waals surface area contributed by atoms with Crippen molar-refractivity contribution in [2.45, 2.75) is 0 Å². The van der Waals surface area contributed by atoms with Crippen LogP contribution in [0.25, 0.3) is 0 Å². The van der Waals surface area contributed by atoms with E-state index in [1.165, 1.54) is 35.7 Å². The highest BCUT2D eigenvalue weighted by atomic mass is 35.5. The summed E-state index contributed by atoms with van der Waals surface area (Å²) in [6, 6.07) is 2.39. The first-order chi connectivity index (χ1) is 8.34. The van der Waals surface area contributed by atoms with Crippen LogP contribution in [0.1, 0.15) is 0 Å². The van der Waals surface area contributed by atoms with Crippen LogP contribution in [0.5, 0.6) is 0 Å². The van der Waals surface area contributed by atoms with Crippen LogP contribution >= 0.6 is 34.8 Å². The minimum Gasteiger partial charge on any atom is -0.246 e. The summed E-state index contributed by atoms with van der Waals surface area (Å²) in [7, 11) is 3.02. The van der Waals surface area contributed by atoms with Crippen LogP contribution in [0.15, 0.2) is 12.1 Å². The SMILES string of the molecule is CN1C(=O)N(c2c(Cl)cc(Cl)cc2Cl)S(=O)N1C. The van der Waals surface area contributed by atoms with Gasteiger partial charge < -0.3 is 0 Å². The molecular formula is C9H8Cl3N3O2S. The number of anilines is 1. The van der Waals surface area contributed by atoms with Crippen molar-refractivity contribution in [3.05, 3.63) is 27.2 Å². The standard InChI is InChI=1S/C9H8Cl3N3O2S/c1-13-9(16)15(18(17)14(13)2)8-6(11)3-5(10)4-7(8)12/h3-4H,1-2H3. The van der Waals surface area contributed by atoms with E-state index in [2.05, 4.69) is 0 Å². The Kier molecular flexibility index (Phi) is 3.75. The number of carbonyl (C=O) groups excluding carboxylic acids is 1. The molecule has 18 heavy (non-hydrogen) atoms. The Labute approximate surface area is 121 Å². The van der Waals surface area contributed by atoms with Crippen LogP contribution in [-0.2, 0) is 11.2 Å². The molecule has 2 rings (SSSR count). The van der Waals surface area contributed by atoms with E-state index < -0.39 is 17.2 Å². The Morgan fingerprint density at radius 3 is 2.00 bits per heavy atom. The molecule has 2 amide bonds. The molecule has 0 N–H and O–H groups in total. The van der Waals surface area contributed by atoms with Crippen molar-refractivity contribution in [3.8, 4) is 0 Å². The highest BCUT2D eigenvalue weighted by molar-refractivity contribution is 7.85. The number of hydrazine groups is 1. The molecule has 1 saturated heterocycles. The molecule has 1 unspecified atom stereocenters. The zero-order chi connectivity index (χ0) is 13.6. The van der Waals surface area contributed by atoms with Gasteiger partial charge in [-0.15, -0.1) is 4.41 Å². The lowest BCUT2D eigenvalue weighted by atomic mass is 10.3. The van der Waals surface area contributed by atoms with Crippen molar-refractivity contribution in [3.63, 3.8) is 0 Å². The third kappa shape index (κ3) is 2.08. The molecule has 1 fully saturated rings. The lowest BCUT2D eigenvalue weighted by Gasteiger charge is -2.15. The fraction of sp³-hybridized carbons (Fsp3) is 0.222. The molecule has 1 heterocycles. The molecule has 5 nitrogen and oxygen atoms in total. The summed E-state index contributed by atoms with van der Waals surface area (Å²) in [6.07, 6.45) is 0. The molecular weight excluding hydrogens is 321 g/mol. The van der Waals surface area contributed by atoms with Crippen molar-refractivity contribution >= 4 is 57.7 Å². The first-order valence-electron chi connectivity index (χ1n) is 4.72. The highest BCUT2D eigenvalue weighted by Gasteiger charge is 2.41. The molecule has 1 aliphatic heterocycles. The van der Waals surface area contributed by atoms with Crippen LogP contribution < -0.4 is 4.31 Å². The van der Waals surface area contributed by atoms with Gasteiger partial charge in [0.15, 0.2) is 0 Å². The van der Waals surface area contributed by atoms with Crippen LogP contribution in [0, 0.1) is 0 Å². The summed E-state index contributed by atoms with van der Waals surface area (Å²) >= 11 is 16.1. The molecule has 0 saturated carbocycles. The van der Waals surface area contributed by atoms with Gasteiger partial charge in [0.1, 0.15) is 0 Å². The predicted octanol–water partition coefficient (Wildman–Crippen LogP) is 2.94. The van der Waals surface area contributed by atoms with Crippen molar-refractivity contribution in [1.82, 2.24) is 9.42 Å². The van der Waals surface area contributed by atoms with Crippen molar-refractivity contribution in [2.75, 3.05) is 18.4 Å². The van der Waals surface area contributed by atoms with E-state index in [0.717, 1.165) is 4.31 Å². The maximum Gasteiger partial charge on any atom is 0.352 e. The quantitative estimate of drug-likeness (QED) is 0.795. The lowest BCUT2D eigenvalue weighted by molar-refractivity contribution is 0.162. The zero-order valence-electron chi connectivity index (χ0n) is 9.35. The zero-order valence-corrected chi connectivity index (χ0v) is 12.4. The first-order valence-corrected chi connectivity index (χ1v) is 6.92. The first kappa shape index (κ1) is 13.9. The van der Waals surface area contributed by atoms with Gasteiger partial charge in [-0.25, -0.2) is 14.0 Å². The Hall–Kier alpha value is -0.530. The maximum absolute atomic E-state index is 12.1. The number of amides is 2. The summed E-state index contributed by atoms with van der Waals surface area (Å²) in [6.45, 7) is 0. The van der Waals surface area contributed by atoms with Gasteiger partial charge in [0, 0.05) is 19.1 Å². The van der Waals surface area contributed by atoms with E-state index in [1.807, 2.05) is 0 Å². The number of nitrogens with zero attached hydrogens (tertiary/aromatic N) is 3. The normalized spacial score (nSPS) is 20.9. The molecule has 0 aromatic heterocycles. The molecule has 9 heteroatoms. The maximum atomic E-state index is 12.1. The molecule has 0 radical (unpaired) electrons. The summed E-state index contributed by atoms with van der Waals surface area (Å²) in [5, 5.41) is 1.88. The molecule has 0 bridgehead atoms. The van der Waals surface area contributed by atoms with E-state index in [4.69, 9.17) is 34.8 Å². The fourth-order valence-electron chi connectivity index (χ4n) is 1.44. The smallest absolute Gasteiger partial charge is 0.246 e. The van der Waals surface area contributed by atoms with Gasteiger partial charge in [-0.05, 0) is 12.1 Å². The van der Waals surface area contributed by atoms with Crippen LogP contribution in [0.4, 0.5) is 10.5 Å². The number of hydrogen-bond donors (Lipinski definition) is 0. The minimum absolute atomic E-state index is 0.165. The van der Waals surface area contributed by atoms with Crippen molar-refractivity contribution < 1.29 is 9.00 Å². The summed E-state index contributed by atoms with van der Waals surface area (Å²) in [4.78, 5) is 12.0. The number of rotatable bonds is 1. The van der Waals surface area contributed by atoms with Gasteiger partial charge in [0.05, 0.1) is 15.7 Å². The summed E-state index contributed by atoms with van der Waals surface area (Å²) in [5.41, 5.74) is 0.183. The summed E-state index contributed by atoms with van der Waals surface area (Å²) < 4.78 is 14.3. The van der Waals surface area contributed by atoms with Gasteiger partial charge in [-0.2, -0.15) is 4.31 Å².